The predicted molar refractivity (Wildman–Crippen MR) is 92.7 cm³/mol. The lowest BCUT2D eigenvalue weighted by atomic mass is 10.2. The van der Waals surface area contributed by atoms with Crippen LogP contribution in [0.3, 0.4) is 0 Å². The molecule has 2 aromatic rings. The Balaban J connectivity index is 2.18. The van der Waals surface area contributed by atoms with Crippen molar-refractivity contribution in [2.45, 2.75) is 13.8 Å². The van der Waals surface area contributed by atoms with Crippen LogP contribution in [-0.4, -0.2) is 5.96 Å². The fourth-order valence-corrected chi connectivity index (χ4v) is 2.99. The molecule has 0 spiro atoms. The highest BCUT2D eigenvalue weighted by atomic mass is 79.9. The summed E-state index contributed by atoms with van der Waals surface area (Å²) in [6.45, 7) is 4.01. The third kappa shape index (κ3) is 3.41. The lowest BCUT2D eigenvalue weighted by Gasteiger charge is -2.16. The summed E-state index contributed by atoms with van der Waals surface area (Å²) in [6.07, 6.45) is 0. The second-order valence-corrected chi connectivity index (χ2v) is 6.20. The molecule has 0 amide bonds. The van der Waals surface area contributed by atoms with Gasteiger partial charge in [0.1, 0.15) is 0 Å². The van der Waals surface area contributed by atoms with Crippen LogP contribution in [0.25, 0.3) is 0 Å². The van der Waals surface area contributed by atoms with Crippen LogP contribution in [0.4, 0.5) is 11.4 Å². The maximum absolute atomic E-state index is 8.09. The van der Waals surface area contributed by atoms with E-state index in [4.69, 9.17) is 5.41 Å². The Morgan fingerprint density at radius 3 is 1.60 bits per heavy atom. The average Bonchev–Trinajstić information content (AvgIpc) is 2.39. The molecule has 0 unspecified atom stereocenters. The van der Waals surface area contributed by atoms with E-state index in [9.17, 15) is 0 Å². The number of hydrogen-bond acceptors (Lipinski definition) is 1. The summed E-state index contributed by atoms with van der Waals surface area (Å²) in [4.78, 5) is 0. The molecule has 104 valence electrons. The van der Waals surface area contributed by atoms with Crippen molar-refractivity contribution >= 4 is 49.2 Å². The minimum atomic E-state index is 0.231. The van der Waals surface area contributed by atoms with Crippen molar-refractivity contribution in [3.05, 3.63) is 56.5 Å². The summed E-state index contributed by atoms with van der Waals surface area (Å²) in [7, 11) is 0. The summed E-state index contributed by atoms with van der Waals surface area (Å²) < 4.78 is 1.88. The molecular formula is C15H15Br2N3. The van der Waals surface area contributed by atoms with Gasteiger partial charge in [-0.25, -0.2) is 0 Å². The molecule has 0 aliphatic rings. The standard InChI is InChI=1S/C15H15Br2N3/c1-9-5-3-7-11(16)13(9)19-15(18)20-14-10(2)6-4-8-12(14)17/h3-8H,1-2H3,(H3,18,19,20). The van der Waals surface area contributed by atoms with Gasteiger partial charge < -0.3 is 10.6 Å². The fourth-order valence-electron chi connectivity index (χ4n) is 1.86. The number of rotatable bonds is 2. The van der Waals surface area contributed by atoms with Crippen molar-refractivity contribution in [1.29, 1.82) is 5.41 Å². The molecule has 5 heteroatoms. The molecule has 0 atom stereocenters. The molecule has 3 N–H and O–H groups in total. The van der Waals surface area contributed by atoms with Gasteiger partial charge in [-0.1, -0.05) is 24.3 Å². The Labute approximate surface area is 135 Å². The van der Waals surface area contributed by atoms with Crippen molar-refractivity contribution in [2.24, 2.45) is 0 Å². The lowest BCUT2D eigenvalue weighted by Crippen LogP contribution is -2.22. The number of nitrogens with one attached hydrogen (secondary N) is 3. The summed E-state index contributed by atoms with van der Waals surface area (Å²) >= 11 is 6.99. The van der Waals surface area contributed by atoms with E-state index >= 15 is 0 Å². The normalized spacial score (nSPS) is 10.2. The molecule has 2 rings (SSSR count). The molecule has 0 aliphatic carbocycles. The van der Waals surface area contributed by atoms with Gasteiger partial charge in [0.25, 0.3) is 0 Å². The summed E-state index contributed by atoms with van der Waals surface area (Å²) in [5, 5.41) is 14.3. The summed E-state index contributed by atoms with van der Waals surface area (Å²) in [5.41, 5.74) is 3.95. The maximum Gasteiger partial charge on any atom is 0.197 e. The fraction of sp³-hybridized carbons (Fsp3) is 0.133. The van der Waals surface area contributed by atoms with E-state index in [1.807, 2.05) is 50.2 Å². The molecule has 3 nitrogen and oxygen atoms in total. The first-order chi connectivity index (χ1) is 9.49. The van der Waals surface area contributed by atoms with Crippen molar-refractivity contribution in [2.75, 3.05) is 10.6 Å². The van der Waals surface area contributed by atoms with Gasteiger partial charge >= 0.3 is 0 Å². The van der Waals surface area contributed by atoms with Crippen LogP contribution in [0.5, 0.6) is 0 Å². The van der Waals surface area contributed by atoms with E-state index in [-0.39, 0.29) is 5.96 Å². The van der Waals surface area contributed by atoms with Crippen LogP contribution in [0.15, 0.2) is 45.3 Å². The number of aryl methyl sites for hydroxylation is 2. The molecule has 0 aromatic heterocycles. The highest BCUT2D eigenvalue weighted by Crippen LogP contribution is 2.28. The second kappa shape index (κ2) is 6.41. The first kappa shape index (κ1) is 15.1. The zero-order valence-corrected chi connectivity index (χ0v) is 14.4. The van der Waals surface area contributed by atoms with E-state index < -0.39 is 0 Å². The first-order valence-electron chi connectivity index (χ1n) is 6.12. The van der Waals surface area contributed by atoms with Gasteiger partial charge in [-0.05, 0) is 69.0 Å². The van der Waals surface area contributed by atoms with Gasteiger partial charge in [-0.2, -0.15) is 0 Å². The number of guanidine groups is 1. The number of hydrogen-bond donors (Lipinski definition) is 3. The van der Waals surface area contributed by atoms with Gasteiger partial charge in [0.05, 0.1) is 11.4 Å². The third-order valence-corrected chi connectivity index (χ3v) is 4.27. The number of anilines is 2. The minimum Gasteiger partial charge on any atom is -0.325 e. The predicted octanol–water partition coefficient (Wildman–Crippen LogP) is 5.29. The summed E-state index contributed by atoms with van der Waals surface area (Å²) in [6, 6.07) is 11.9. The number of para-hydroxylation sites is 2. The molecule has 0 aliphatic heterocycles. The molecule has 0 saturated heterocycles. The van der Waals surface area contributed by atoms with Crippen molar-refractivity contribution in [1.82, 2.24) is 0 Å². The maximum atomic E-state index is 8.09. The highest BCUT2D eigenvalue weighted by Gasteiger charge is 2.08. The Kier molecular flexibility index (Phi) is 4.83. The van der Waals surface area contributed by atoms with Gasteiger partial charge in [0.15, 0.2) is 5.96 Å². The van der Waals surface area contributed by atoms with Crippen LogP contribution >= 0.6 is 31.9 Å². The largest absolute Gasteiger partial charge is 0.325 e. The van der Waals surface area contributed by atoms with E-state index in [1.165, 1.54) is 0 Å². The zero-order chi connectivity index (χ0) is 14.7. The quantitative estimate of drug-likeness (QED) is 0.477. The first-order valence-corrected chi connectivity index (χ1v) is 7.70. The smallest absolute Gasteiger partial charge is 0.197 e. The topological polar surface area (TPSA) is 47.9 Å². The van der Waals surface area contributed by atoms with Gasteiger partial charge in [0, 0.05) is 8.95 Å². The summed E-state index contributed by atoms with van der Waals surface area (Å²) in [5.74, 6) is 0.231. The third-order valence-electron chi connectivity index (χ3n) is 2.94. The van der Waals surface area contributed by atoms with E-state index in [0.29, 0.717) is 0 Å². The highest BCUT2D eigenvalue weighted by molar-refractivity contribution is 9.11. The van der Waals surface area contributed by atoms with E-state index in [2.05, 4.69) is 42.5 Å². The van der Waals surface area contributed by atoms with Crippen LogP contribution in [0.1, 0.15) is 11.1 Å². The Morgan fingerprint density at radius 1 is 0.850 bits per heavy atom. The van der Waals surface area contributed by atoms with Crippen molar-refractivity contribution in [3.63, 3.8) is 0 Å². The number of benzene rings is 2. The molecule has 0 saturated carbocycles. The van der Waals surface area contributed by atoms with Crippen LogP contribution in [0, 0.1) is 19.3 Å². The Morgan fingerprint density at radius 2 is 1.25 bits per heavy atom. The van der Waals surface area contributed by atoms with Crippen molar-refractivity contribution < 1.29 is 0 Å². The van der Waals surface area contributed by atoms with Crippen LogP contribution in [-0.2, 0) is 0 Å². The van der Waals surface area contributed by atoms with Gasteiger partial charge in [-0.15, -0.1) is 0 Å². The van der Waals surface area contributed by atoms with E-state index in [1.54, 1.807) is 0 Å². The molecule has 0 heterocycles. The van der Waals surface area contributed by atoms with E-state index in [0.717, 1.165) is 31.4 Å². The van der Waals surface area contributed by atoms with Gasteiger partial charge in [-0.3, -0.25) is 5.41 Å². The lowest BCUT2D eigenvalue weighted by molar-refractivity contribution is 1.36. The van der Waals surface area contributed by atoms with Crippen LogP contribution < -0.4 is 10.6 Å². The molecule has 0 fully saturated rings. The monoisotopic (exact) mass is 395 g/mol. The van der Waals surface area contributed by atoms with Gasteiger partial charge in [0.2, 0.25) is 0 Å². The second-order valence-electron chi connectivity index (χ2n) is 4.49. The number of halogens is 2. The van der Waals surface area contributed by atoms with Crippen LogP contribution in [0.2, 0.25) is 0 Å². The molecule has 0 radical (unpaired) electrons. The minimum absolute atomic E-state index is 0.231. The Hall–Kier alpha value is -1.33. The molecular weight excluding hydrogens is 382 g/mol. The SMILES string of the molecule is Cc1cccc(Br)c1NC(=N)Nc1c(C)cccc1Br. The molecule has 20 heavy (non-hydrogen) atoms. The molecule has 0 bridgehead atoms. The zero-order valence-electron chi connectivity index (χ0n) is 11.2. The van der Waals surface area contributed by atoms with Crippen molar-refractivity contribution in [3.8, 4) is 0 Å². The Bertz CT molecular complexity index is 558. The molecule has 2 aromatic carbocycles. The average molecular weight is 397 g/mol.